The van der Waals surface area contributed by atoms with E-state index in [0.717, 1.165) is 16.6 Å². The van der Waals surface area contributed by atoms with Crippen LogP contribution in [0, 0.1) is 0 Å². The van der Waals surface area contributed by atoms with Crippen LogP contribution in [-0.4, -0.2) is 27.6 Å². The minimum atomic E-state index is -4.67. The molecule has 0 aliphatic heterocycles. The molecule has 11 heteroatoms. The van der Waals surface area contributed by atoms with Gasteiger partial charge in [-0.05, 0) is 36.4 Å². The number of amides is 1. The number of sulfonamides is 1. The standard InChI is InChI=1S/C16H13Cl2F3N2O3S/c1-23(27(2,25)26)10-4-5-11(14(18)8-10)15(24)22-9-3-6-13(17)12(7-9)16(19,20)21/h3-8H,1-2H3,(H,22,24). The Kier molecular flexibility index (Phi) is 5.98. The third-order valence-corrected chi connectivity index (χ3v) is 5.44. The number of nitrogens with one attached hydrogen (secondary N) is 1. The Balaban J connectivity index is 2.29. The van der Waals surface area contributed by atoms with E-state index in [0.29, 0.717) is 6.07 Å². The molecule has 0 saturated heterocycles. The SMILES string of the molecule is CN(c1ccc(C(=O)Nc2ccc(Cl)c(C(F)(F)F)c2)c(Cl)c1)S(C)(=O)=O. The Bertz CT molecular complexity index is 995. The molecule has 0 atom stereocenters. The van der Waals surface area contributed by atoms with Gasteiger partial charge in [-0.15, -0.1) is 0 Å². The molecule has 0 bridgehead atoms. The second-order valence-electron chi connectivity index (χ2n) is 5.54. The van der Waals surface area contributed by atoms with Crippen LogP contribution in [0.2, 0.25) is 10.0 Å². The largest absolute Gasteiger partial charge is 0.417 e. The number of nitrogens with zero attached hydrogens (tertiary/aromatic N) is 1. The summed E-state index contributed by atoms with van der Waals surface area (Å²) in [4.78, 5) is 12.3. The summed E-state index contributed by atoms with van der Waals surface area (Å²) in [5.74, 6) is -0.760. The van der Waals surface area contributed by atoms with Gasteiger partial charge in [0.25, 0.3) is 5.91 Å². The Morgan fingerprint density at radius 2 is 1.70 bits per heavy atom. The van der Waals surface area contributed by atoms with Gasteiger partial charge in [0.1, 0.15) is 0 Å². The highest BCUT2D eigenvalue weighted by Gasteiger charge is 2.33. The first kappa shape index (κ1) is 21.3. The Labute approximate surface area is 163 Å². The molecule has 2 aromatic carbocycles. The molecule has 0 radical (unpaired) electrons. The molecule has 1 N–H and O–H groups in total. The van der Waals surface area contributed by atoms with Gasteiger partial charge in [-0.2, -0.15) is 13.2 Å². The van der Waals surface area contributed by atoms with E-state index in [4.69, 9.17) is 23.2 Å². The van der Waals surface area contributed by atoms with Gasteiger partial charge in [0.05, 0.1) is 33.1 Å². The topological polar surface area (TPSA) is 66.5 Å². The highest BCUT2D eigenvalue weighted by molar-refractivity contribution is 7.92. The van der Waals surface area contributed by atoms with Crippen molar-refractivity contribution in [1.29, 1.82) is 0 Å². The number of alkyl halides is 3. The van der Waals surface area contributed by atoms with Gasteiger partial charge < -0.3 is 5.32 Å². The minimum Gasteiger partial charge on any atom is -0.322 e. The van der Waals surface area contributed by atoms with Crippen LogP contribution in [0.3, 0.4) is 0 Å². The van der Waals surface area contributed by atoms with Crippen LogP contribution >= 0.6 is 23.2 Å². The van der Waals surface area contributed by atoms with Gasteiger partial charge in [0.15, 0.2) is 0 Å². The van der Waals surface area contributed by atoms with Crippen molar-refractivity contribution in [2.75, 3.05) is 22.9 Å². The van der Waals surface area contributed by atoms with Crippen molar-refractivity contribution >= 4 is 50.5 Å². The first-order chi connectivity index (χ1) is 12.3. The van der Waals surface area contributed by atoms with Gasteiger partial charge in [-0.1, -0.05) is 23.2 Å². The first-order valence-electron chi connectivity index (χ1n) is 7.22. The predicted molar refractivity (Wildman–Crippen MR) is 99.1 cm³/mol. The highest BCUT2D eigenvalue weighted by atomic mass is 35.5. The Hall–Kier alpha value is -1.97. The van der Waals surface area contributed by atoms with Gasteiger partial charge in [-0.3, -0.25) is 9.10 Å². The quantitative estimate of drug-likeness (QED) is 0.751. The summed E-state index contributed by atoms with van der Waals surface area (Å²) in [5, 5.41) is 1.75. The monoisotopic (exact) mass is 440 g/mol. The molecule has 0 heterocycles. The van der Waals surface area contributed by atoms with E-state index in [1.54, 1.807) is 0 Å². The van der Waals surface area contributed by atoms with Crippen LogP contribution in [0.15, 0.2) is 36.4 Å². The van der Waals surface area contributed by atoms with Crippen molar-refractivity contribution in [3.05, 3.63) is 57.6 Å². The van der Waals surface area contributed by atoms with Crippen LogP contribution in [0.1, 0.15) is 15.9 Å². The molecule has 2 aromatic rings. The van der Waals surface area contributed by atoms with Gasteiger partial charge >= 0.3 is 6.18 Å². The maximum atomic E-state index is 12.9. The second-order valence-corrected chi connectivity index (χ2v) is 8.37. The number of hydrogen-bond acceptors (Lipinski definition) is 3. The van der Waals surface area contributed by atoms with E-state index in [9.17, 15) is 26.4 Å². The van der Waals surface area contributed by atoms with Crippen molar-refractivity contribution in [2.45, 2.75) is 6.18 Å². The Morgan fingerprint density at radius 3 is 2.22 bits per heavy atom. The third kappa shape index (κ3) is 5.06. The number of hydrogen-bond donors (Lipinski definition) is 1. The zero-order valence-corrected chi connectivity index (χ0v) is 16.3. The lowest BCUT2D eigenvalue weighted by molar-refractivity contribution is -0.137. The number of carbonyl (C=O) groups is 1. The molecular weight excluding hydrogens is 428 g/mol. The molecule has 0 fully saturated rings. The van der Waals surface area contributed by atoms with E-state index in [2.05, 4.69) is 5.32 Å². The normalized spacial score (nSPS) is 12.0. The predicted octanol–water partition coefficient (Wildman–Crippen LogP) is 4.66. The summed E-state index contributed by atoms with van der Waals surface area (Å²) in [7, 11) is -2.21. The second kappa shape index (κ2) is 7.57. The molecule has 27 heavy (non-hydrogen) atoms. The number of rotatable bonds is 4. The summed E-state index contributed by atoms with van der Waals surface area (Å²) in [5.41, 5.74) is -1.01. The van der Waals surface area contributed by atoms with Crippen molar-refractivity contribution in [2.24, 2.45) is 0 Å². The van der Waals surface area contributed by atoms with Gasteiger partial charge in [0.2, 0.25) is 10.0 Å². The fourth-order valence-corrected chi connectivity index (χ4v) is 3.08. The fourth-order valence-electron chi connectivity index (χ4n) is 2.09. The number of carbonyl (C=O) groups excluding carboxylic acids is 1. The van der Waals surface area contributed by atoms with E-state index in [1.165, 1.54) is 31.3 Å². The summed E-state index contributed by atoms with van der Waals surface area (Å²) in [6, 6.07) is 6.83. The average Bonchev–Trinajstić information content (AvgIpc) is 2.53. The van der Waals surface area contributed by atoms with Crippen LogP contribution in [-0.2, 0) is 16.2 Å². The van der Waals surface area contributed by atoms with Crippen molar-refractivity contribution < 1.29 is 26.4 Å². The molecule has 0 aromatic heterocycles. The summed E-state index contributed by atoms with van der Waals surface area (Å²) >= 11 is 11.6. The maximum absolute atomic E-state index is 12.9. The molecular formula is C16H13Cl2F3N2O3S. The molecule has 0 saturated carbocycles. The van der Waals surface area contributed by atoms with E-state index < -0.39 is 32.7 Å². The highest BCUT2D eigenvalue weighted by Crippen LogP contribution is 2.36. The molecule has 0 aliphatic carbocycles. The summed E-state index contributed by atoms with van der Waals surface area (Å²) in [6.45, 7) is 0. The van der Waals surface area contributed by atoms with Crippen LogP contribution in [0.5, 0.6) is 0 Å². The fraction of sp³-hybridized carbons (Fsp3) is 0.188. The molecule has 5 nitrogen and oxygen atoms in total. The summed E-state index contributed by atoms with van der Waals surface area (Å²) < 4.78 is 62.7. The smallest absolute Gasteiger partial charge is 0.322 e. The van der Waals surface area contributed by atoms with E-state index in [1.807, 2.05) is 0 Å². The third-order valence-electron chi connectivity index (χ3n) is 3.59. The van der Waals surface area contributed by atoms with Gasteiger partial charge in [0, 0.05) is 12.7 Å². The van der Waals surface area contributed by atoms with Crippen molar-refractivity contribution in [3.63, 3.8) is 0 Å². The van der Waals surface area contributed by atoms with Crippen LogP contribution < -0.4 is 9.62 Å². The average molecular weight is 441 g/mol. The lowest BCUT2D eigenvalue weighted by Gasteiger charge is -2.17. The molecule has 2 rings (SSSR count). The summed E-state index contributed by atoms with van der Waals surface area (Å²) in [6.07, 6.45) is -3.67. The lowest BCUT2D eigenvalue weighted by Crippen LogP contribution is -2.25. The molecule has 0 aliphatic rings. The van der Waals surface area contributed by atoms with Crippen LogP contribution in [0.25, 0.3) is 0 Å². The zero-order chi connectivity index (χ0) is 20.6. The Morgan fingerprint density at radius 1 is 1.07 bits per heavy atom. The molecule has 0 spiro atoms. The zero-order valence-electron chi connectivity index (χ0n) is 13.9. The number of halogens is 5. The van der Waals surface area contributed by atoms with E-state index >= 15 is 0 Å². The molecule has 146 valence electrons. The van der Waals surface area contributed by atoms with Crippen LogP contribution in [0.4, 0.5) is 24.5 Å². The van der Waals surface area contributed by atoms with Crippen molar-refractivity contribution in [3.8, 4) is 0 Å². The lowest BCUT2D eigenvalue weighted by atomic mass is 10.1. The maximum Gasteiger partial charge on any atom is 0.417 e. The van der Waals surface area contributed by atoms with Gasteiger partial charge in [-0.25, -0.2) is 8.42 Å². The number of anilines is 2. The number of benzene rings is 2. The molecule has 1 amide bonds. The minimum absolute atomic E-state index is 0.0363. The van der Waals surface area contributed by atoms with E-state index in [-0.39, 0.29) is 22.0 Å². The molecule has 0 unspecified atom stereocenters. The van der Waals surface area contributed by atoms with Crippen molar-refractivity contribution in [1.82, 2.24) is 0 Å². The first-order valence-corrected chi connectivity index (χ1v) is 9.82.